The first kappa shape index (κ1) is 21.0. The van der Waals surface area contributed by atoms with E-state index >= 15 is 0 Å². The average molecular weight is 436 g/mol. The maximum atomic E-state index is 4.85. The minimum Gasteiger partial charge on any atom is -0.357 e. The van der Waals surface area contributed by atoms with Gasteiger partial charge in [0, 0.05) is 25.7 Å². The summed E-state index contributed by atoms with van der Waals surface area (Å²) in [4.78, 5) is 7.26. The Balaban J connectivity index is 0.00000264. The van der Waals surface area contributed by atoms with E-state index in [1.807, 2.05) is 0 Å². The van der Waals surface area contributed by atoms with Gasteiger partial charge in [0.2, 0.25) is 0 Å². The van der Waals surface area contributed by atoms with Crippen LogP contribution in [0.4, 0.5) is 0 Å². The highest BCUT2D eigenvalue weighted by Gasteiger charge is 2.24. The van der Waals surface area contributed by atoms with Crippen molar-refractivity contribution in [2.45, 2.75) is 58.9 Å². The molecule has 136 valence electrons. The number of aliphatic imine (C=N–C) groups is 1. The van der Waals surface area contributed by atoms with Crippen molar-refractivity contribution in [2.24, 2.45) is 22.7 Å². The molecular formula is C18H37IN4. The fourth-order valence-electron chi connectivity index (χ4n) is 3.84. The zero-order chi connectivity index (χ0) is 15.9. The molecule has 2 fully saturated rings. The molecule has 0 amide bonds. The molecule has 0 aromatic rings. The predicted octanol–water partition coefficient (Wildman–Crippen LogP) is 3.33. The fraction of sp³-hybridized carbons (Fsp3) is 0.944. The number of hydrogen-bond donors (Lipinski definition) is 2. The number of likely N-dealkylation sites (tertiary alicyclic amines) is 1. The Morgan fingerprint density at radius 1 is 1.17 bits per heavy atom. The SMILES string of the molecule is CCNC(=NCC1CCN(C)C1)NC1CCC(C(C)C)CC1.I. The molecular weight excluding hydrogens is 399 g/mol. The highest BCUT2D eigenvalue weighted by atomic mass is 127. The standard InChI is InChI=1S/C18H36N4.HI/c1-5-19-18(20-12-15-10-11-22(4)13-15)21-17-8-6-16(7-9-17)14(2)3;/h14-17H,5-13H2,1-4H3,(H2,19,20,21);1H. The van der Waals surface area contributed by atoms with Crippen LogP contribution in [0.5, 0.6) is 0 Å². The molecule has 0 bridgehead atoms. The Morgan fingerprint density at radius 3 is 2.39 bits per heavy atom. The fourth-order valence-corrected chi connectivity index (χ4v) is 3.84. The van der Waals surface area contributed by atoms with Gasteiger partial charge in [0.15, 0.2) is 5.96 Å². The van der Waals surface area contributed by atoms with Crippen LogP contribution in [-0.2, 0) is 0 Å². The molecule has 0 aromatic carbocycles. The third-order valence-electron chi connectivity index (χ3n) is 5.40. The Morgan fingerprint density at radius 2 is 1.87 bits per heavy atom. The summed E-state index contributed by atoms with van der Waals surface area (Å²) < 4.78 is 0. The van der Waals surface area contributed by atoms with Crippen molar-refractivity contribution < 1.29 is 0 Å². The van der Waals surface area contributed by atoms with E-state index in [2.05, 4.69) is 43.4 Å². The smallest absolute Gasteiger partial charge is 0.191 e. The van der Waals surface area contributed by atoms with Crippen molar-refractivity contribution in [1.82, 2.24) is 15.5 Å². The number of rotatable bonds is 5. The van der Waals surface area contributed by atoms with E-state index in [-0.39, 0.29) is 24.0 Å². The Labute approximate surface area is 160 Å². The van der Waals surface area contributed by atoms with Crippen LogP contribution < -0.4 is 10.6 Å². The second kappa shape index (κ2) is 10.7. The summed E-state index contributed by atoms with van der Waals surface area (Å²) in [5, 5.41) is 7.10. The quantitative estimate of drug-likeness (QED) is 0.395. The van der Waals surface area contributed by atoms with Gasteiger partial charge < -0.3 is 15.5 Å². The van der Waals surface area contributed by atoms with Crippen LogP contribution in [0, 0.1) is 17.8 Å². The first-order valence-electron chi connectivity index (χ1n) is 9.31. The molecule has 1 saturated heterocycles. The van der Waals surface area contributed by atoms with Gasteiger partial charge in [-0.05, 0) is 70.4 Å². The van der Waals surface area contributed by atoms with Gasteiger partial charge in [-0.1, -0.05) is 13.8 Å². The molecule has 2 rings (SSSR count). The van der Waals surface area contributed by atoms with Crippen molar-refractivity contribution in [3.8, 4) is 0 Å². The maximum Gasteiger partial charge on any atom is 0.191 e. The minimum absolute atomic E-state index is 0. The van der Waals surface area contributed by atoms with Crippen LogP contribution in [0.2, 0.25) is 0 Å². The number of guanidine groups is 1. The molecule has 1 aliphatic carbocycles. The molecule has 2 aliphatic rings. The normalized spacial score (nSPS) is 29.4. The lowest BCUT2D eigenvalue weighted by atomic mass is 9.80. The monoisotopic (exact) mass is 436 g/mol. The zero-order valence-corrected chi connectivity index (χ0v) is 17.8. The summed E-state index contributed by atoms with van der Waals surface area (Å²) in [7, 11) is 2.21. The van der Waals surface area contributed by atoms with Crippen molar-refractivity contribution in [2.75, 3.05) is 33.2 Å². The van der Waals surface area contributed by atoms with E-state index in [0.29, 0.717) is 6.04 Å². The van der Waals surface area contributed by atoms with E-state index < -0.39 is 0 Å². The third kappa shape index (κ3) is 7.16. The lowest BCUT2D eigenvalue weighted by Crippen LogP contribution is -2.45. The van der Waals surface area contributed by atoms with Crippen LogP contribution in [0.15, 0.2) is 4.99 Å². The van der Waals surface area contributed by atoms with Gasteiger partial charge in [0.25, 0.3) is 0 Å². The van der Waals surface area contributed by atoms with E-state index in [9.17, 15) is 0 Å². The maximum absolute atomic E-state index is 4.85. The summed E-state index contributed by atoms with van der Waals surface area (Å²) in [6.45, 7) is 11.2. The molecule has 1 heterocycles. The van der Waals surface area contributed by atoms with Gasteiger partial charge in [-0.15, -0.1) is 24.0 Å². The Kier molecular flexibility index (Phi) is 9.82. The number of nitrogens with zero attached hydrogens (tertiary/aromatic N) is 2. The number of halogens is 1. The lowest BCUT2D eigenvalue weighted by molar-refractivity contribution is 0.250. The minimum atomic E-state index is 0. The van der Waals surface area contributed by atoms with Crippen LogP contribution in [0.3, 0.4) is 0 Å². The molecule has 1 unspecified atom stereocenters. The molecule has 4 nitrogen and oxygen atoms in total. The van der Waals surface area contributed by atoms with Crippen LogP contribution in [0.25, 0.3) is 0 Å². The first-order valence-corrected chi connectivity index (χ1v) is 9.31. The highest BCUT2D eigenvalue weighted by Crippen LogP contribution is 2.29. The van der Waals surface area contributed by atoms with Crippen LogP contribution >= 0.6 is 24.0 Å². The average Bonchev–Trinajstić information content (AvgIpc) is 2.91. The van der Waals surface area contributed by atoms with Gasteiger partial charge in [0.1, 0.15) is 0 Å². The summed E-state index contributed by atoms with van der Waals surface area (Å²) in [6, 6.07) is 0.610. The van der Waals surface area contributed by atoms with Crippen molar-refractivity contribution in [3.63, 3.8) is 0 Å². The molecule has 23 heavy (non-hydrogen) atoms. The lowest BCUT2D eigenvalue weighted by Gasteiger charge is -2.32. The van der Waals surface area contributed by atoms with Crippen molar-refractivity contribution >= 4 is 29.9 Å². The summed E-state index contributed by atoms with van der Waals surface area (Å²) in [5.74, 6) is 3.52. The second-order valence-corrected chi connectivity index (χ2v) is 7.64. The van der Waals surface area contributed by atoms with E-state index in [0.717, 1.165) is 36.8 Å². The molecule has 0 aromatic heterocycles. The number of nitrogens with one attached hydrogen (secondary N) is 2. The third-order valence-corrected chi connectivity index (χ3v) is 5.40. The molecule has 0 spiro atoms. The molecule has 2 N–H and O–H groups in total. The largest absolute Gasteiger partial charge is 0.357 e. The summed E-state index contributed by atoms with van der Waals surface area (Å²) in [6.07, 6.45) is 6.60. The molecule has 5 heteroatoms. The van der Waals surface area contributed by atoms with Gasteiger partial charge in [-0.3, -0.25) is 4.99 Å². The van der Waals surface area contributed by atoms with Crippen molar-refractivity contribution in [1.29, 1.82) is 0 Å². The zero-order valence-electron chi connectivity index (χ0n) is 15.5. The van der Waals surface area contributed by atoms with E-state index in [1.165, 1.54) is 45.2 Å². The molecule has 1 saturated carbocycles. The summed E-state index contributed by atoms with van der Waals surface area (Å²) >= 11 is 0. The van der Waals surface area contributed by atoms with E-state index in [4.69, 9.17) is 4.99 Å². The molecule has 1 aliphatic heterocycles. The number of hydrogen-bond acceptors (Lipinski definition) is 2. The van der Waals surface area contributed by atoms with Crippen molar-refractivity contribution in [3.05, 3.63) is 0 Å². The summed E-state index contributed by atoms with van der Waals surface area (Å²) in [5.41, 5.74) is 0. The molecule has 1 atom stereocenters. The van der Waals surface area contributed by atoms with Gasteiger partial charge in [0.05, 0.1) is 0 Å². The van der Waals surface area contributed by atoms with Crippen LogP contribution in [-0.4, -0.2) is 50.1 Å². The highest BCUT2D eigenvalue weighted by molar-refractivity contribution is 14.0. The molecule has 0 radical (unpaired) electrons. The Bertz CT molecular complexity index is 351. The second-order valence-electron chi connectivity index (χ2n) is 7.64. The first-order chi connectivity index (χ1) is 10.6. The van der Waals surface area contributed by atoms with Gasteiger partial charge in [-0.2, -0.15) is 0 Å². The van der Waals surface area contributed by atoms with Crippen LogP contribution in [0.1, 0.15) is 52.9 Å². The van der Waals surface area contributed by atoms with Gasteiger partial charge >= 0.3 is 0 Å². The topological polar surface area (TPSA) is 39.7 Å². The van der Waals surface area contributed by atoms with E-state index in [1.54, 1.807) is 0 Å². The van der Waals surface area contributed by atoms with Gasteiger partial charge in [-0.25, -0.2) is 0 Å². The predicted molar refractivity (Wildman–Crippen MR) is 111 cm³/mol. The Hall–Kier alpha value is -0.0400.